The third-order valence-electron chi connectivity index (χ3n) is 6.39. The highest BCUT2D eigenvalue weighted by Gasteiger charge is 2.63. The van der Waals surface area contributed by atoms with Crippen LogP contribution in [0.4, 0.5) is 0 Å². The van der Waals surface area contributed by atoms with Gasteiger partial charge in [-0.2, -0.15) is 0 Å². The SMILES string of the molecule is CC12CC3(C)CC(C)(C1)CC(Cc1ccccc1)(C2)C3. The molecule has 0 spiro atoms. The minimum absolute atomic E-state index is 0.592. The van der Waals surface area contributed by atoms with Crippen molar-refractivity contribution in [2.24, 2.45) is 21.7 Å². The summed E-state index contributed by atoms with van der Waals surface area (Å²) >= 11 is 0. The van der Waals surface area contributed by atoms with Crippen LogP contribution in [0.3, 0.4) is 0 Å². The molecule has 4 aliphatic carbocycles. The molecule has 4 aliphatic rings. The van der Waals surface area contributed by atoms with Crippen molar-refractivity contribution in [3.8, 4) is 0 Å². The standard InChI is InChI=1S/C20H28/c1-17-10-18(2)12-19(3,11-17)15-20(13-17,14-18)9-16-7-5-4-6-8-16/h4-8H,9-15H2,1-3H3. The van der Waals surface area contributed by atoms with E-state index in [0.29, 0.717) is 21.7 Å². The Labute approximate surface area is 124 Å². The summed E-state index contributed by atoms with van der Waals surface area (Å²) in [6.45, 7) is 7.75. The van der Waals surface area contributed by atoms with E-state index in [-0.39, 0.29) is 0 Å². The van der Waals surface area contributed by atoms with Gasteiger partial charge in [-0.15, -0.1) is 0 Å². The van der Waals surface area contributed by atoms with E-state index in [1.165, 1.54) is 44.9 Å². The molecule has 0 saturated heterocycles. The quantitative estimate of drug-likeness (QED) is 0.653. The molecule has 5 rings (SSSR count). The van der Waals surface area contributed by atoms with E-state index in [4.69, 9.17) is 0 Å². The highest BCUT2D eigenvalue weighted by Crippen LogP contribution is 2.74. The first-order valence-corrected chi connectivity index (χ1v) is 8.36. The molecule has 0 aromatic heterocycles. The van der Waals surface area contributed by atoms with Gasteiger partial charge in [0.25, 0.3) is 0 Å². The molecule has 4 bridgehead atoms. The third kappa shape index (κ3) is 1.95. The van der Waals surface area contributed by atoms with Gasteiger partial charge in [-0.1, -0.05) is 51.1 Å². The molecule has 4 fully saturated rings. The molecule has 0 N–H and O–H groups in total. The Morgan fingerprint density at radius 1 is 0.700 bits per heavy atom. The van der Waals surface area contributed by atoms with E-state index in [9.17, 15) is 0 Å². The Morgan fingerprint density at radius 3 is 1.60 bits per heavy atom. The van der Waals surface area contributed by atoms with Crippen LogP contribution in [0.15, 0.2) is 30.3 Å². The Bertz CT molecular complexity index is 473. The maximum Gasteiger partial charge on any atom is -0.0221 e. The van der Waals surface area contributed by atoms with Crippen molar-refractivity contribution in [3.63, 3.8) is 0 Å². The molecule has 0 nitrogen and oxygen atoms in total. The van der Waals surface area contributed by atoms with Crippen LogP contribution in [0.2, 0.25) is 0 Å². The van der Waals surface area contributed by atoms with Crippen LogP contribution in [0.5, 0.6) is 0 Å². The zero-order valence-electron chi connectivity index (χ0n) is 13.3. The number of benzene rings is 1. The average Bonchev–Trinajstić information content (AvgIpc) is 2.22. The molecule has 1 aromatic carbocycles. The van der Waals surface area contributed by atoms with Gasteiger partial charge in [0.15, 0.2) is 0 Å². The molecule has 0 heteroatoms. The smallest absolute Gasteiger partial charge is 0.0221 e. The van der Waals surface area contributed by atoms with Gasteiger partial charge in [-0.3, -0.25) is 0 Å². The van der Waals surface area contributed by atoms with E-state index >= 15 is 0 Å². The average molecular weight is 268 g/mol. The summed E-state index contributed by atoms with van der Waals surface area (Å²) in [5.41, 5.74) is 4.01. The van der Waals surface area contributed by atoms with Crippen LogP contribution in [-0.2, 0) is 6.42 Å². The van der Waals surface area contributed by atoms with E-state index in [1.54, 1.807) is 5.56 Å². The monoisotopic (exact) mass is 268 g/mol. The van der Waals surface area contributed by atoms with E-state index in [2.05, 4.69) is 51.1 Å². The molecule has 20 heavy (non-hydrogen) atoms. The second kappa shape index (κ2) is 3.70. The minimum atomic E-state index is 0.592. The molecule has 4 saturated carbocycles. The lowest BCUT2D eigenvalue weighted by atomic mass is 9.36. The number of hydrogen-bond donors (Lipinski definition) is 0. The fourth-order valence-corrected chi connectivity index (χ4v) is 7.77. The first-order chi connectivity index (χ1) is 9.32. The molecule has 0 unspecified atom stereocenters. The summed E-state index contributed by atoms with van der Waals surface area (Å²) in [5, 5.41) is 0. The molecule has 0 aliphatic heterocycles. The zero-order chi connectivity index (χ0) is 14.1. The topological polar surface area (TPSA) is 0 Å². The molecule has 1 aromatic rings. The fourth-order valence-electron chi connectivity index (χ4n) is 7.77. The molecule has 0 radical (unpaired) electrons. The molecular formula is C20H28. The van der Waals surface area contributed by atoms with Crippen LogP contribution in [0.25, 0.3) is 0 Å². The van der Waals surface area contributed by atoms with E-state index < -0.39 is 0 Å². The van der Waals surface area contributed by atoms with Gasteiger partial charge in [-0.25, -0.2) is 0 Å². The molecular weight excluding hydrogens is 240 g/mol. The largest absolute Gasteiger partial charge is 0.0622 e. The molecule has 0 amide bonds. The predicted molar refractivity (Wildman–Crippen MR) is 84.6 cm³/mol. The van der Waals surface area contributed by atoms with Gasteiger partial charge in [-0.05, 0) is 72.2 Å². The highest BCUT2D eigenvalue weighted by molar-refractivity contribution is 5.21. The summed E-state index contributed by atoms with van der Waals surface area (Å²) in [6.07, 6.45) is 10.2. The summed E-state index contributed by atoms with van der Waals surface area (Å²) in [7, 11) is 0. The number of rotatable bonds is 2. The molecule has 108 valence electrons. The van der Waals surface area contributed by atoms with Crippen molar-refractivity contribution >= 4 is 0 Å². The Hall–Kier alpha value is -0.780. The second-order valence-electron chi connectivity index (χ2n) is 9.66. The Balaban J connectivity index is 1.72. The predicted octanol–water partition coefficient (Wildman–Crippen LogP) is 5.62. The van der Waals surface area contributed by atoms with Crippen LogP contribution in [0, 0.1) is 21.7 Å². The van der Waals surface area contributed by atoms with Crippen molar-refractivity contribution in [1.29, 1.82) is 0 Å². The van der Waals surface area contributed by atoms with Gasteiger partial charge in [0, 0.05) is 0 Å². The van der Waals surface area contributed by atoms with Crippen molar-refractivity contribution < 1.29 is 0 Å². The lowest BCUT2D eigenvalue weighted by molar-refractivity contribution is -0.182. The van der Waals surface area contributed by atoms with Crippen LogP contribution >= 0.6 is 0 Å². The van der Waals surface area contributed by atoms with E-state index in [0.717, 1.165) is 0 Å². The van der Waals surface area contributed by atoms with Crippen molar-refractivity contribution in [2.75, 3.05) is 0 Å². The summed E-state index contributed by atoms with van der Waals surface area (Å²) in [4.78, 5) is 0. The summed E-state index contributed by atoms with van der Waals surface area (Å²) < 4.78 is 0. The maximum absolute atomic E-state index is 2.58. The first-order valence-electron chi connectivity index (χ1n) is 8.36. The summed E-state index contributed by atoms with van der Waals surface area (Å²) in [5.74, 6) is 0. The Morgan fingerprint density at radius 2 is 1.15 bits per heavy atom. The van der Waals surface area contributed by atoms with Gasteiger partial charge in [0.2, 0.25) is 0 Å². The first kappa shape index (κ1) is 12.9. The number of hydrogen-bond acceptors (Lipinski definition) is 0. The lowest BCUT2D eigenvalue weighted by Gasteiger charge is -2.69. The van der Waals surface area contributed by atoms with E-state index in [1.807, 2.05) is 0 Å². The molecule has 0 atom stereocenters. The Kier molecular flexibility index (Phi) is 2.39. The van der Waals surface area contributed by atoms with Gasteiger partial charge >= 0.3 is 0 Å². The van der Waals surface area contributed by atoms with Crippen molar-refractivity contribution in [1.82, 2.24) is 0 Å². The summed E-state index contributed by atoms with van der Waals surface area (Å²) in [6, 6.07) is 11.2. The van der Waals surface area contributed by atoms with Crippen molar-refractivity contribution in [2.45, 2.75) is 65.7 Å². The minimum Gasteiger partial charge on any atom is -0.0622 e. The van der Waals surface area contributed by atoms with Crippen molar-refractivity contribution in [3.05, 3.63) is 35.9 Å². The van der Waals surface area contributed by atoms with Crippen LogP contribution < -0.4 is 0 Å². The normalized spacial score (nSPS) is 49.5. The van der Waals surface area contributed by atoms with Gasteiger partial charge < -0.3 is 0 Å². The van der Waals surface area contributed by atoms with Gasteiger partial charge in [0.05, 0.1) is 0 Å². The molecule has 0 heterocycles. The fraction of sp³-hybridized carbons (Fsp3) is 0.700. The zero-order valence-corrected chi connectivity index (χ0v) is 13.3. The van der Waals surface area contributed by atoms with Crippen LogP contribution in [0.1, 0.15) is 64.9 Å². The van der Waals surface area contributed by atoms with Gasteiger partial charge in [0.1, 0.15) is 0 Å². The van der Waals surface area contributed by atoms with Crippen LogP contribution in [-0.4, -0.2) is 0 Å². The second-order valence-corrected chi connectivity index (χ2v) is 9.66. The maximum atomic E-state index is 2.58. The lowest BCUT2D eigenvalue weighted by Crippen LogP contribution is -2.59. The highest BCUT2D eigenvalue weighted by atomic mass is 14.7. The third-order valence-corrected chi connectivity index (χ3v) is 6.39.